The van der Waals surface area contributed by atoms with E-state index in [-0.39, 0.29) is 0 Å². The fourth-order valence-corrected chi connectivity index (χ4v) is 10.3. The summed E-state index contributed by atoms with van der Waals surface area (Å²) >= 11 is 0. The first-order valence-corrected chi connectivity index (χ1v) is 13.1. The minimum Gasteiger partial charge on any atom is -0.396 e. The number of fused-ring (bicyclic) bond motifs is 4. The number of hydrogen-bond acceptors (Lipinski definition) is 2. The van der Waals surface area contributed by atoms with E-state index in [4.69, 9.17) is 4.74 Å². The molecule has 0 aliphatic heterocycles. The van der Waals surface area contributed by atoms with Gasteiger partial charge < -0.3 is 9.84 Å². The van der Waals surface area contributed by atoms with Crippen LogP contribution in [0.1, 0.15) is 85.5 Å². The summed E-state index contributed by atoms with van der Waals surface area (Å²) in [6.07, 6.45) is 17.8. The summed E-state index contributed by atoms with van der Waals surface area (Å²) in [5, 5.41) is 9.22. The van der Waals surface area contributed by atoms with Gasteiger partial charge in [0.15, 0.2) is 0 Å². The molecule has 0 heterocycles. The second-order valence-corrected chi connectivity index (χ2v) is 12.7. The van der Waals surface area contributed by atoms with E-state index in [2.05, 4.69) is 39.8 Å². The van der Waals surface area contributed by atoms with Gasteiger partial charge in [-0.15, -0.1) is 0 Å². The first-order valence-electron chi connectivity index (χ1n) is 13.1. The molecule has 170 valence electrons. The van der Waals surface area contributed by atoms with Crippen molar-refractivity contribution in [1.82, 2.24) is 0 Å². The zero-order valence-electron chi connectivity index (χ0n) is 20.2. The van der Waals surface area contributed by atoms with Crippen LogP contribution in [0.4, 0.5) is 0 Å². The summed E-state index contributed by atoms with van der Waals surface area (Å²) in [5.74, 6) is 5.68. The lowest BCUT2D eigenvalue weighted by atomic mass is 9.45. The summed E-state index contributed by atoms with van der Waals surface area (Å²) in [6, 6.07) is 0. The van der Waals surface area contributed by atoms with E-state index >= 15 is 0 Å². The molecule has 0 aromatic carbocycles. The standard InChI is InChI=1S/C28H46O2/c1-18(12-15-29)6-7-19(2)22-8-9-23-21-16-25(30-5)28-17-20(28)10-14-27(28,4)24(21)11-13-26(22,23)3/h6-7,18-25,29H,8-17H2,1-5H3/b7-6+/t18-,19+,20+,21-,22+,23-,24-,25+,26+,27+,28-/m0/s1. The maximum atomic E-state index is 9.22. The molecule has 5 saturated carbocycles. The van der Waals surface area contributed by atoms with Crippen LogP contribution in [-0.4, -0.2) is 24.9 Å². The fourth-order valence-electron chi connectivity index (χ4n) is 10.3. The molecule has 5 aliphatic carbocycles. The van der Waals surface area contributed by atoms with Crippen LogP contribution in [0.15, 0.2) is 12.2 Å². The van der Waals surface area contributed by atoms with Crippen molar-refractivity contribution in [3.05, 3.63) is 12.2 Å². The van der Waals surface area contributed by atoms with Gasteiger partial charge in [0, 0.05) is 19.1 Å². The molecule has 0 aromatic rings. The number of rotatable bonds is 6. The highest BCUT2D eigenvalue weighted by Crippen LogP contribution is 2.82. The zero-order valence-corrected chi connectivity index (χ0v) is 20.2. The molecule has 5 rings (SSSR count). The van der Waals surface area contributed by atoms with Crippen molar-refractivity contribution < 1.29 is 9.84 Å². The molecule has 11 atom stereocenters. The molecule has 1 N–H and O–H groups in total. The first-order chi connectivity index (χ1) is 14.3. The molecule has 0 radical (unpaired) electrons. The van der Waals surface area contributed by atoms with Gasteiger partial charge in [0.25, 0.3) is 0 Å². The highest BCUT2D eigenvalue weighted by Gasteiger charge is 2.77. The molecular weight excluding hydrogens is 368 g/mol. The summed E-state index contributed by atoms with van der Waals surface area (Å²) in [6.45, 7) is 10.4. The van der Waals surface area contributed by atoms with Crippen molar-refractivity contribution >= 4 is 0 Å². The highest BCUT2D eigenvalue weighted by atomic mass is 16.5. The lowest BCUT2D eigenvalue weighted by molar-refractivity contribution is -0.160. The van der Waals surface area contributed by atoms with Crippen LogP contribution in [0.5, 0.6) is 0 Å². The Labute approximate surface area is 185 Å². The number of ether oxygens (including phenoxy) is 1. The summed E-state index contributed by atoms with van der Waals surface area (Å²) in [4.78, 5) is 0. The Morgan fingerprint density at radius 3 is 2.53 bits per heavy atom. The molecule has 5 fully saturated rings. The lowest BCUT2D eigenvalue weighted by Crippen LogP contribution is -2.57. The molecule has 0 aromatic heterocycles. The van der Waals surface area contributed by atoms with Crippen LogP contribution in [0.25, 0.3) is 0 Å². The van der Waals surface area contributed by atoms with Gasteiger partial charge in [-0.1, -0.05) is 39.8 Å². The minimum absolute atomic E-state index is 0.300. The lowest BCUT2D eigenvalue weighted by Gasteiger charge is -2.61. The summed E-state index contributed by atoms with van der Waals surface area (Å²) in [7, 11) is 2.01. The predicted molar refractivity (Wildman–Crippen MR) is 123 cm³/mol. The minimum atomic E-state index is 0.300. The second-order valence-electron chi connectivity index (χ2n) is 12.7. The van der Waals surface area contributed by atoms with Crippen LogP contribution in [0, 0.1) is 57.7 Å². The Bertz CT molecular complexity index is 686. The van der Waals surface area contributed by atoms with Gasteiger partial charge in [-0.25, -0.2) is 0 Å². The molecule has 2 heteroatoms. The summed E-state index contributed by atoms with van der Waals surface area (Å²) < 4.78 is 6.28. The Morgan fingerprint density at radius 1 is 1.03 bits per heavy atom. The van der Waals surface area contributed by atoms with E-state index in [1.165, 1.54) is 51.4 Å². The van der Waals surface area contributed by atoms with Crippen molar-refractivity contribution in [2.75, 3.05) is 13.7 Å². The van der Waals surface area contributed by atoms with Crippen molar-refractivity contribution in [1.29, 1.82) is 0 Å². The third-order valence-corrected chi connectivity index (χ3v) is 11.9. The van der Waals surface area contributed by atoms with E-state index in [0.29, 0.717) is 40.8 Å². The Morgan fingerprint density at radius 2 is 1.83 bits per heavy atom. The van der Waals surface area contributed by atoms with E-state index < -0.39 is 0 Å². The molecule has 1 spiro atoms. The maximum absolute atomic E-state index is 9.22. The average Bonchev–Trinajstić information content (AvgIpc) is 3.23. The van der Waals surface area contributed by atoms with E-state index in [9.17, 15) is 5.11 Å². The number of methoxy groups -OCH3 is 1. The molecule has 0 amide bonds. The van der Waals surface area contributed by atoms with Crippen LogP contribution in [-0.2, 0) is 4.74 Å². The van der Waals surface area contributed by atoms with E-state index in [1.807, 2.05) is 7.11 Å². The molecule has 0 saturated heterocycles. The molecule has 30 heavy (non-hydrogen) atoms. The number of allylic oxidation sites excluding steroid dienone is 2. The van der Waals surface area contributed by atoms with Gasteiger partial charge in [0.05, 0.1) is 6.10 Å². The summed E-state index contributed by atoms with van der Waals surface area (Å²) in [5.41, 5.74) is 1.60. The maximum Gasteiger partial charge on any atom is 0.0638 e. The smallest absolute Gasteiger partial charge is 0.0638 e. The number of aliphatic hydroxyl groups excluding tert-OH is 1. The van der Waals surface area contributed by atoms with Gasteiger partial charge >= 0.3 is 0 Å². The quantitative estimate of drug-likeness (QED) is 0.504. The largest absolute Gasteiger partial charge is 0.396 e. The molecule has 5 aliphatic rings. The Balaban J connectivity index is 1.37. The fraction of sp³-hybridized carbons (Fsp3) is 0.929. The molecular formula is C28H46O2. The van der Waals surface area contributed by atoms with Gasteiger partial charge in [0.2, 0.25) is 0 Å². The van der Waals surface area contributed by atoms with Gasteiger partial charge in [0.1, 0.15) is 0 Å². The third-order valence-electron chi connectivity index (χ3n) is 11.9. The monoisotopic (exact) mass is 414 g/mol. The predicted octanol–water partition coefficient (Wildman–Crippen LogP) is 6.48. The number of hydrogen-bond donors (Lipinski definition) is 1. The highest BCUT2D eigenvalue weighted by molar-refractivity contribution is 5.26. The average molecular weight is 415 g/mol. The molecule has 2 nitrogen and oxygen atoms in total. The van der Waals surface area contributed by atoms with Crippen molar-refractivity contribution in [2.45, 2.75) is 91.6 Å². The van der Waals surface area contributed by atoms with Crippen molar-refractivity contribution in [3.63, 3.8) is 0 Å². The van der Waals surface area contributed by atoms with Gasteiger partial charge in [-0.2, -0.15) is 0 Å². The van der Waals surface area contributed by atoms with E-state index in [1.54, 1.807) is 0 Å². The SMILES string of the molecule is CO[C@@H]1C[C@H]2[C@@H]3CC[C@H]([C@H](C)/C=C/[C@H](C)CCO)[C@@]3(C)CC[C@@H]2[C@@]2(C)CC[C@@H]3C[C@]312. The van der Waals surface area contributed by atoms with Crippen LogP contribution in [0.2, 0.25) is 0 Å². The topological polar surface area (TPSA) is 29.5 Å². The zero-order chi connectivity index (χ0) is 21.3. The third kappa shape index (κ3) is 2.74. The van der Waals surface area contributed by atoms with Gasteiger partial charge in [-0.3, -0.25) is 0 Å². The van der Waals surface area contributed by atoms with Crippen molar-refractivity contribution in [2.24, 2.45) is 57.7 Å². The van der Waals surface area contributed by atoms with E-state index in [0.717, 1.165) is 36.0 Å². The molecule has 0 bridgehead atoms. The molecule has 0 unspecified atom stereocenters. The normalized spacial score (nSPS) is 53.7. The Hall–Kier alpha value is -0.340. The second kappa shape index (κ2) is 7.34. The number of aliphatic hydroxyl groups is 1. The Kier molecular flexibility index (Phi) is 5.26. The van der Waals surface area contributed by atoms with Crippen LogP contribution < -0.4 is 0 Å². The van der Waals surface area contributed by atoms with Crippen molar-refractivity contribution in [3.8, 4) is 0 Å². The van der Waals surface area contributed by atoms with Gasteiger partial charge in [-0.05, 0) is 110 Å². The van der Waals surface area contributed by atoms with Crippen LogP contribution in [0.3, 0.4) is 0 Å². The first kappa shape index (κ1) is 21.5. The van der Waals surface area contributed by atoms with Crippen LogP contribution >= 0.6 is 0 Å².